The molecular formula is C10H13NO3. The van der Waals surface area contributed by atoms with Gasteiger partial charge in [0.2, 0.25) is 5.91 Å². The van der Waals surface area contributed by atoms with Crippen molar-refractivity contribution in [3.05, 3.63) is 12.2 Å². The summed E-state index contributed by atoms with van der Waals surface area (Å²) in [6, 6.07) is 0. The number of nitrogens with two attached hydrogens (primary N) is 1. The Kier molecular flexibility index (Phi) is 2.06. The van der Waals surface area contributed by atoms with Crippen LogP contribution in [0.15, 0.2) is 12.2 Å². The lowest BCUT2D eigenvalue weighted by molar-refractivity contribution is -0.152. The summed E-state index contributed by atoms with van der Waals surface area (Å²) in [6.07, 6.45) is 5.62. The number of carboxylic acid groups (broad SMARTS) is 1. The number of carbonyl (C=O) groups excluding carboxylic acids is 1. The van der Waals surface area contributed by atoms with Crippen LogP contribution in [-0.2, 0) is 9.59 Å². The highest BCUT2D eigenvalue weighted by Gasteiger charge is 2.47. The van der Waals surface area contributed by atoms with E-state index in [0.717, 1.165) is 12.8 Å². The van der Waals surface area contributed by atoms with Crippen molar-refractivity contribution in [3.63, 3.8) is 0 Å². The van der Waals surface area contributed by atoms with Gasteiger partial charge in [0.25, 0.3) is 0 Å². The fraction of sp³-hybridized carbons (Fsp3) is 0.600. The zero-order valence-corrected chi connectivity index (χ0v) is 7.72. The zero-order valence-electron chi connectivity index (χ0n) is 7.72. The van der Waals surface area contributed by atoms with Crippen LogP contribution in [0.1, 0.15) is 12.8 Å². The highest BCUT2D eigenvalue weighted by Crippen LogP contribution is 2.44. The van der Waals surface area contributed by atoms with Crippen LogP contribution in [0.25, 0.3) is 0 Å². The molecule has 0 spiro atoms. The fourth-order valence-corrected chi connectivity index (χ4v) is 2.72. The molecule has 3 N–H and O–H groups in total. The molecule has 76 valence electrons. The van der Waals surface area contributed by atoms with Gasteiger partial charge in [0.05, 0.1) is 11.8 Å². The third kappa shape index (κ3) is 1.22. The van der Waals surface area contributed by atoms with E-state index in [1.165, 1.54) is 0 Å². The molecule has 0 radical (unpaired) electrons. The topological polar surface area (TPSA) is 80.4 Å². The number of rotatable bonds is 2. The molecule has 1 fully saturated rings. The minimum atomic E-state index is -0.896. The number of primary amides is 1. The summed E-state index contributed by atoms with van der Waals surface area (Å²) < 4.78 is 0. The molecule has 2 bridgehead atoms. The van der Waals surface area contributed by atoms with E-state index in [-0.39, 0.29) is 11.8 Å². The summed E-state index contributed by atoms with van der Waals surface area (Å²) in [5.74, 6) is -2.44. The number of hydrogen-bond acceptors (Lipinski definition) is 2. The van der Waals surface area contributed by atoms with Crippen molar-refractivity contribution >= 4 is 11.9 Å². The monoisotopic (exact) mass is 195 g/mol. The Balaban J connectivity index is 2.33. The average Bonchev–Trinajstić information content (AvgIpc) is 2.17. The van der Waals surface area contributed by atoms with E-state index in [1.807, 2.05) is 12.2 Å². The average molecular weight is 195 g/mol. The first-order chi connectivity index (χ1) is 6.61. The molecule has 0 aliphatic heterocycles. The number of carboxylic acids is 1. The van der Waals surface area contributed by atoms with Gasteiger partial charge >= 0.3 is 5.97 Å². The second-order valence-electron chi connectivity index (χ2n) is 4.08. The van der Waals surface area contributed by atoms with Crippen LogP contribution in [-0.4, -0.2) is 17.0 Å². The smallest absolute Gasteiger partial charge is 0.307 e. The maximum atomic E-state index is 11.2. The van der Waals surface area contributed by atoms with E-state index in [9.17, 15) is 9.59 Å². The van der Waals surface area contributed by atoms with Gasteiger partial charge in [-0.3, -0.25) is 9.59 Å². The maximum Gasteiger partial charge on any atom is 0.307 e. The Bertz CT molecular complexity index is 280. The minimum Gasteiger partial charge on any atom is -0.481 e. The molecule has 1 amide bonds. The summed E-state index contributed by atoms with van der Waals surface area (Å²) in [5.41, 5.74) is 5.25. The Morgan fingerprint density at radius 2 is 1.64 bits per heavy atom. The van der Waals surface area contributed by atoms with Crippen molar-refractivity contribution in [2.24, 2.45) is 29.4 Å². The Morgan fingerprint density at radius 3 is 1.93 bits per heavy atom. The first-order valence-corrected chi connectivity index (χ1v) is 4.81. The number of aliphatic carboxylic acids is 1. The number of allylic oxidation sites excluding steroid dienone is 2. The van der Waals surface area contributed by atoms with Crippen LogP contribution in [0.2, 0.25) is 0 Å². The normalized spacial score (nSPS) is 39.7. The molecule has 3 rings (SSSR count). The molecule has 0 aromatic carbocycles. The van der Waals surface area contributed by atoms with Crippen LogP contribution in [0.3, 0.4) is 0 Å². The maximum absolute atomic E-state index is 11.2. The second-order valence-corrected chi connectivity index (χ2v) is 4.08. The van der Waals surface area contributed by atoms with Crippen molar-refractivity contribution in [1.29, 1.82) is 0 Å². The van der Waals surface area contributed by atoms with Gasteiger partial charge in [-0.1, -0.05) is 12.2 Å². The van der Waals surface area contributed by atoms with Crippen LogP contribution >= 0.6 is 0 Å². The molecular weight excluding hydrogens is 182 g/mol. The van der Waals surface area contributed by atoms with Crippen LogP contribution in [0, 0.1) is 23.7 Å². The van der Waals surface area contributed by atoms with E-state index in [2.05, 4.69) is 0 Å². The van der Waals surface area contributed by atoms with Crippen molar-refractivity contribution < 1.29 is 14.7 Å². The molecule has 14 heavy (non-hydrogen) atoms. The summed E-state index contributed by atoms with van der Waals surface area (Å²) in [7, 11) is 0. The molecule has 4 nitrogen and oxygen atoms in total. The minimum absolute atomic E-state index is 0.00463. The van der Waals surface area contributed by atoms with E-state index in [4.69, 9.17) is 10.8 Å². The summed E-state index contributed by atoms with van der Waals surface area (Å²) in [5, 5.41) is 9.04. The predicted molar refractivity (Wildman–Crippen MR) is 49.2 cm³/mol. The third-order valence-electron chi connectivity index (χ3n) is 3.36. The van der Waals surface area contributed by atoms with Crippen LogP contribution < -0.4 is 5.73 Å². The Hall–Kier alpha value is -1.32. The van der Waals surface area contributed by atoms with Gasteiger partial charge in [0.1, 0.15) is 0 Å². The van der Waals surface area contributed by atoms with Gasteiger partial charge in [-0.25, -0.2) is 0 Å². The van der Waals surface area contributed by atoms with Gasteiger partial charge in [-0.15, -0.1) is 0 Å². The van der Waals surface area contributed by atoms with Gasteiger partial charge in [-0.2, -0.15) is 0 Å². The van der Waals surface area contributed by atoms with Crippen molar-refractivity contribution in [3.8, 4) is 0 Å². The second kappa shape index (κ2) is 3.12. The van der Waals surface area contributed by atoms with Crippen molar-refractivity contribution in [2.45, 2.75) is 12.8 Å². The number of amides is 1. The first-order valence-electron chi connectivity index (χ1n) is 4.81. The molecule has 3 aliphatic rings. The van der Waals surface area contributed by atoms with E-state index in [1.54, 1.807) is 0 Å². The molecule has 0 aromatic heterocycles. The molecule has 4 unspecified atom stereocenters. The van der Waals surface area contributed by atoms with Gasteiger partial charge < -0.3 is 10.8 Å². The molecule has 4 heteroatoms. The third-order valence-corrected chi connectivity index (χ3v) is 3.36. The van der Waals surface area contributed by atoms with Gasteiger partial charge in [0.15, 0.2) is 0 Å². The Labute approximate surface area is 81.8 Å². The summed E-state index contributed by atoms with van der Waals surface area (Å²) >= 11 is 0. The highest BCUT2D eigenvalue weighted by molar-refractivity contribution is 5.85. The lowest BCUT2D eigenvalue weighted by Gasteiger charge is -2.41. The SMILES string of the molecule is NC(=O)C1C2C=CC(CC2)C1C(=O)O. The lowest BCUT2D eigenvalue weighted by Crippen LogP contribution is -2.47. The summed E-state index contributed by atoms with van der Waals surface area (Å²) in [6.45, 7) is 0. The Morgan fingerprint density at radius 1 is 1.14 bits per heavy atom. The number of hydrogen-bond donors (Lipinski definition) is 2. The van der Waals surface area contributed by atoms with Crippen molar-refractivity contribution in [2.75, 3.05) is 0 Å². The van der Waals surface area contributed by atoms with E-state index in [0.29, 0.717) is 0 Å². The molecule has 1 saturated carbocycles. The largest absolute Gasteiger partial charge is 0.481 e. The zero-order chi connectivity index (χ0) is 10.3. The number of carbonyl (C=O) groups is 2. The van der Waals surface area contributed by atoms with Crippen LogP contribution in [0.5, 0.6) is 0 Å². The highest BCUT2D eigenvalue weighted by atomic mass is 16.4. The fourth-order valence-electron chi connectivity index (χ4n) is 2.72. The molecule has 0 aromatic rings. The summed E-state index contributed by atoms with van der Waals surface area (Å²) in [4.78, 5) is 22.2. The van der Waals surface area contributed by atoms with Gasteiger partial charge in [-0.05, 0) is 24.7 Å². The quantitative estimate of drug-likeness (QED) is 0.625. The standard InChI is InChI=1S/C10H13NO3/c11-9(12)7-5-1-3-6(4-2-5)8(7)10(13)14/h1,3,5-8H,2,4H2,(H2,11,12)(H,13,14). The predicted octanol–water partition coefficient (Wildman–Crippen LogP) is 0.385. The first kappa shape index (κ1) is 9.24. The molecule has 3 aliphatic carbocycles. The van der Waals surface area contributed by atoms with Gasteiger partial charge in [0, 0.05) is 0 Å². The molecule has 0 saturated heterocycles. The van der Waals surface area contributed by atoms with Crippen LogP contribution in [0.4, 0.5) is 0 Å². The van der Waals surface area contributed by atoms with E-state index < -0.39 is 23.7 Å². The lowest BCUT2D eigenvalue weighted by atomic mass is 9.62. The number of fused-ring (bicyclic) bond motifs is 2. The van der Waals surface area contributed by atoms with E-state index >= 15 is 0 Å². The molecule has 4 atom stereocenters. The molecule has 0 heterocycles. The van der Waals surface area contributed by atoms with Crippen molar-refractivity contribution in [1.82, 2.24) is 0 Å².